The van der Waals surface area contributed by atoms with Crippen molar-refractivity contribution in [1.29, 1.82) is 0 Å². The van der Waals surface area contributed by atoms with Crippen molar-refractivity contribution in [2.75, 3.05) is 43.7 Å². The quantitative estimate of drug-likeness (QED) is 0.0568. The van der Waals surface area contributed by atoms with Crippen LogP contribution in [0.2, 0.25) is 0 Å². The fourth-order valence-electron chi connectivity index (χ4n) is 7.23. The van der Waals surface area contributed by atoms with Crippen molar-refractivity contribution in [2.45, 2.75) is 64.2 Å². The largest absolute Gasteiger partial charge is 0.494 e. The van der Waals surface area contributed by atoms with E-state index in [-0.39, 0.29) is 49.6 Å². The Kier molecular flexibility index (Phi) is 15.1. The zero-order valence-corrected chi connectivity index (χ0v) is 35.0. The first-order chi connectivity index (χ1) is 30.7. The summed E-state index contributed by atoms with van der Waals surface area (Å²) in [5, 5.41) is 20.0. The first-order valence-electron chi connectivity index (χ1n) is 20.9. The number of nitrogens with zero attached hydrogens (tertiary/aromatic N) is 6. The van der Waals surface area contributed by atoms with Gasteiger partial charge in [0.1, 0.15) is 30.4 Å². The molecule has 1 saturated heterocycles. The molecule has 63 heavy (non-hydrogen) atoms. The minimum Gasteiger partial charge on any atom is -0.494 e. The van der Waals surface area contributed by atoms with Crippen LogP contribution in [0, 0.1) is 0 Å². The molecule has 18 nitrogen and oxygen atoms in total. The van der Waals surface area contributed by atoms with Crippen LogP contribution in [0.4, 0.5) is 11.4 Å². The smallest absolute Gasteiger partial charge is 0.255 e. The van der Waals surface area contributed by atoms with Crippen LogP contribution in [0.5, 0.6) is 5.75 Å². The van der Waals surface area contributed by atoms with Gasteiger partial charge in [-0.3, -0.25) is 29.3 Å². The summed E-state index contributed by atoms with van der Waals surface area (Å²) in [5.41, 5.74) is 4.46. The number of amides is 5. The minimum atomic E-state index is -0.729. The third-order valence-corrected chi connectivity index (χ3v) is 10.6. The zero-order valence-electron chi connectivity index (χ0n) is 35.0. The van der Waals surface area contributed by atoms with Gasteiger partial charge in [-0.2, -0.15) is 0 Å². The molecular weight excluding hydrogens is 809 g/mol. The highest BCUT2D eigenvalue weighted by molar-refractivity contribution is 6.07. The third-order valence-electron chi connectivity index (χ3n) is 10.6. The van der Waals surface area contributed by atoms with Gasteiger partial charge < -0.3 is 39.6 Å². The number of carbonyl (C=O) groups is 5. The van der Waals surface area contributed by atoms with Crippen LogP contribution in [0.15, 0.2) is 85.3 Å². The minimum absolute atomic E-state index is 0.153. The molecule has 0 bridgehead atoms. The molecule has 0 saturated carbocycles. The lowest BCUT2D eigenvalue weighted by Gasteiger charge is -2.29. The molecule has 7 rings (SSSR count). The molecule has 5 aromatic rings. The normalized spacial score (nSPS) is 14.6. The second-order valence-electron chi connectivity index (χ2n) is 15.1. The van der Waals surface area contributed by atoms with Gasteiger partial charge in [-0.1, -0.05) is 24.3 Å². The summed E-state index contributed by atoms with van der Waals surface area (Å²) in [5.74, 6) is 0.414. The topological polar surface area (TPSA) is 221 Å². The Bertz CT molecular complexity index is 2410. The maximum Gasteiger partial charge on any atom is 0.255 e. The van der Waals surface area contributed by atoms with Gasteiger partial charge in [0.25, 0.3) is 11.8 Å². The molecule has 4 heterocycles. The fourth-order valence-corrected chi connectivity index (χ4v) is 7.23. The van der Waals surface area contributed by atoms with Crippen LogP contribution in [0.25, 0.3) is 11.5 Å². The van der Waals surface area contributed by atoms with Crippen LogP contribution >= 0.6 is 0 Å². The summed E-state index contributed by atoms with van der Waals surface area (Å²) in [6, 6.07) is 21.1. The number of nitrogens with one attached hydrogen (secondary N) is 4. The van der Waals surface area contributed by atoms with Crippen molar-refractivity contribution < 1.29 is 38.2 Å². The molecule has 1 fully saturated rings. The molecule has 0 radical (unpaired) electrons. The van der Waals surface area contributed by atoms with Crippen molar-refractivity contribution in [3.8, 4) is 17.3 Å². The number of anilines is 2. The van der Waals surface area contributed by atoms with E-state index in [4.69, 9.17) is 14.2 Å². The molecule has 0 aliphatic carbocycles. The highest BCUT2D eigenvalue weighted by Crippen LogP contribution is 2.32. The number of fused-ring (bicyclic) bond motifs is 1. The summed E-state index contributed by atoms with van der Waals surface area (Å²) in [7, 11) is 1.88. The number of benzene rings is 3. The Balaban J connectivity index is 0.718. The second kappa shape index (κ2) is 21.7. The summed E-state index contributed by atoms with van der Waals surface area (Å²) >= 11 is 0. The van der Waals surface area contributed by atoms with Gasteiger partial charge in [0, 0.05) is 80.6 Å². The van der Waals surface area contributed by atoms with Gasteiger partial charge in [0.05, 0.1) is 13.2 Å². The van der Waals surface area contributed by atoms with Crippen molar-refractivity contribution in [2.24, 2.45) is 7.05 Å². The van der Waals surface area contributed by atoms with Crippen molar-refractivity contribution in [3.05, 3.63) is 113 Å². The molecule has 4 N–H and O–H groups in total. The fraction of sp³-hybridized carbons (Fsp3) is 0.356. The van der Waals surface area contributed by atoms with Crippen molar-refractivity contribution in [1.82, 2.24) is 40.3 Å². The highest BCUT2D eigenvalue weighted by Gasteiger charge is 2.40. The Labute approximate surface area is 364 Å². The Hall–Kier alpha value is -7.05. The summed E-state index contributed by atoms with van der Waals surface area (Å²) in [4.78, 5) is 72.3. The lowest BCUT2D eigenvalue weighted by atomic mass is 10.0. The van der Waals surface area contributed by atoms with E-state index >= 15 is 0 Å². The van der Waals surface area contributed by atoms with Gasteiger partial charge in [0.15, 0.2) is 11.6 Å². The Morgan fingerprint density at radius 3 is 2.56 bits per heavy atom. The number of piperidine rings is 1. The maximum atomic E-state index is 13.0. The molecule has 3 aromatic carbocycles. The summed E-state index contributed by atoms with van der Waals surface area (Å²) in [6.45, 7) is 2.79. The molecule has 2 aromatic heterocycles. The number of aromatic nitrogens is 5. The van der Waals surface area contributed by atoms with Gasteiger partial charge in [-0.25, -0.2) is 9.97 Å². The van der Waals surface area contributed by atoms with Gasteiger partial charge in [-0.05, 0) is 86.2 Å². The third kappa shape index (κ3) is 11.9. The first kappa shape index (κ1) is 44.0. The molecule has 328 valence electrons. The molecule has 2 aliphatic heterocycles. The van der Waals surface area contributed by atoms with E-state index in [1.165, 1.54) is 11.2 Å². The number of hydrogen-bond donors (Lipinski definition) is 4. The zero-order chi connectivity index (χ0) is 44.0. The Morgan fingerprint density at radius 2 is 1.70 bits per heavy atom. The highest BCUT2D eigenvalue weighted by atomic mass is 16.5. The van der Waals surface area contributed by atoms with Crippen molar-refractivity contribution in [3.63, 3.8) is 0 Å². The van der Waals surface area contributed by atoms with Crippen molar-refractivity contribution >= 4 is 40.9 Å². The SMILES string of the molecule is Cn1c(CNc2cccc(C(=O)NCc3cccc(OCCCCCOCCCOCC(=O)Nc4cccc5c4CN(C4CCC(=O)NC4=O)C5=O)c3)c2)nnc1-c1ccncn1. The number of unbranched alkanes of at least 4 members (excludes halogenated alkanes) is 2. The van der Waals surface area contributed by atoms with E-state index in [0.29, 0.717) is 85.7 Å². The van der Waals surface area contributed by atoms with E-state index in [9.17, 15) is 24.0 Å². The van der Waals surface area contributed by atoms with Crippen LogP contribution in [-0.2, 0) is 50.5 Å². The molecule has 18 heteroatoms. The monoisotopic (exact) mass is 858 g/mol. The first-order valence-corrected chi connectivity index (χ1v) is 20.9. The number of ether oxygens (including phenoxy) is 3. The van der Waals surface area contributed by atoms with E-state index in [0.717, 1.165) is 36.3 Å². The van der Waals surface area contributed by atoms with Crippen LogP contribution in [-0.4, -0.2) is 98.2 Å². The predicted octanol–water partition coefficient (Wildman–Crippen LogP) is 4.19. The lowest BCUT2D eigenvalue weighted by Crippen LogP contribution is -2.52. The molecule has 1 atom stereocenters. The molecule has 5 amide bonds. The maximum absolute atomic E-state index is 13.0. The standard InChI is InChI=1S/C45H50N10O8/c1-54-39(52-53-42(54)37-17-18-46-29-49-37)26-47-32-11-6-10-31(24-32)43(58)48-25-30-9-5-12-33(23-30)63-22-4-2-3-19-61-20-8-21-62-28-41(57)50-36-14-7-13-34-35(36)27-55(45(34)60)38-15-16-40(56)51-44(38)59/h5-7,9-14,17-18,23-24,29,38,47H,2-4,8,15-16,19-22,25-28H2,1H3,(H,48,58)(H,50,57)(H,51,56,59). The molecule has 1 unspecified atom stereocenters. The van der Waals surface area contributed by atoms with E-state index in [1.54, 1.807) is 42.6 Å². The number of hydrogen-bond acceptors (Lipinski definition) is 13. The van der Waals surface area contributed by atoms with E-state index in [1.807, 2.05) is 48.0 Å². The summed E-state index contributed by atoms with van der Waals surface area (Å²) < 4.78 is 19.1. The van der Waals surface area contributed by atoms with Gasteiger partial charge >= 0.3 is 0 Å². The number of rotatable bonds is 22. The molecule has 0 spiro atoms. The molecule has 2 aliphatic rings. The van der Waals surface area contributed by atoms with Crippen LogP contribution < -0.4 is 26.0 Å². The summed E-state index contributed by atoms with van der Waals surface area (Å²) in [6.07, 6.45) is 6.87. The van der Waals surface area contributed by atoms with Gasteiger partial charge in [0.2, 0.25) is 17.7 Å². The average Bonchev–Trinajstić information content (AvgIpc) is 3.84. The second-order valence-corrected chi connectivity index (χ2v) is 15.1. The van der Waals surface area contributed by atoms with Crippen LogP contribution in [0.3, 0.4) is 0 Å². The average molecular weight is 859 g/mol. The van der Waals surface area contributed by atoms with E-state index < -0.39 is 11.9 Å². The van der Waals surface area contributed by atoms with E-state index in [2.05, 4.69) is 41.4 Å². The predicted molar refractivity (Wildman–Crippen MR) is 230 cm³/mol. The molecular formula is C45H50N10O8. The number of imide groups is 1. The van der Waals surface area contributed by atoms with Crippen LogP contribution in [0.1, 0.15) is 76.2 Å². The lowest BCUT2D eigenvalue weighted by molar-refractivity contribution is -0.137. The van der Waals surface area contributed by atoms with Gasteiger partial charge in [-0.15, -0.1) is 10.2 Å². The Morgan fingerprint density at radius 1 is 0.873 bits per heavy atom. The number of carbonyl (C=O) groups excluding carboxylic acids is 5.